The fourth-order valence-electron chi connectivity index (χ4n) is 1.69. The van der Waals surface area contributed by atoms with E-state index in [4.69, 9.17) is 10.5 Å². The summed E-state index contributed by atoms with van der Waals surface area (Å²) in [6.45, 7) is -0.614. The van der Waals surface area contributed by atoms with Gasteiger partial charge in [-0.3, -0.25) is 4.79 Å². The lowest BCUT2D eigenvalue weighted by molar-refractivity contribution is -0.118. The number of rotatable bonds is 4. The molecule has 0 aliphatic carbocycles. The summed E-state index contributed by atoms with van der Waals surface area (Å²) in [4.78, 5) is 24.5. The summed E-state index contributed by atoms with van der Waals surface area (Å²) in [5, 5.41) is 26.3. The normalized spacial score (nSPS) is 31.4. The van der Waals surface area contributed by atoms with Crippen LogP contribution in [-0.2, 0) is 10.5 Å². The summed E-state index contributed by atoms with van der Waals surface area (Å²) in [6.07, 6.45) is -1.31. The summed E-state index contributed by atoms with van der Waals surface area (Å²) in [6, 6.07) is 0. The zero-order valence-electron chi connectivity index (χ0n) is 9.13. The third kappa shape index (κ3) is 1.85. The van der Waals surface area contributed by atoms with E-state index in [1.165, 1.54) is 0 Å². The lowest BCUT2D eigenvalue weighted by Gasteiger charge is -2.25. The van der Waals surface area contributed by atoms with Gasteiger partial charge in [-0.2, -0.15) is 4.91 Å². The van der Waals surface area contributed by atoms with Gasteiger partial charge in [-0.15, -0.1) is 5.10 Å². The molecule has 1 saturated heterocycles. The molecule has 98 valence electrons. The Morgan fingerprint density at radius 1 is 1.78 bits per heavy atom. The van der Waals surface area contributed by atoms with E-state index >= 15 is 0 Å². The largest absolute Gasteiger partial charge is 0.385 e. The fourth-order valence-corrected chi connectivity index (χ4v) is 1.69. The van der Waals surface area contributed by atoms with Crippen LogP contribution in [0, 0.1) is 4.91 Å². The first kappa shape index (κ1) is 12.5. The Morgan fingerprint density at radius 3 is 3.06 bits per heavy atom. The predicted molar refractivity (Wildman–Crippen MR) is 55.1 cm³/mol. The maximum Gasteiger partial charge on any atom is 0.288 e. The maximum absolute atomic E-state index is 10.8. The number of hydrogen-bond acceptors (Lipinski definition) is 8. The monoisotopic (exact) mass is 257 g/mol. The number of aromatic nitrogens is 3. The minimum absolute atomic E-state index is 0.299. The molecule has 0 radical (unpaired) electrons. The molecular weight excluding hydrogens is 246 g/mol. The predicted octanol–water partition coefficient (Wildman–Crippen LogP) is -2.45. The van der Waals surface area contributed by atoms with E-state index in [1.807, 2.05) is 0 Å². The van der Waals surface area contributed by atoms with E-state index in [0.717, 1.165) is 11.0 Å². The number of ether oxygens (including phenoxy) is 1. The minimum atomic E-state index is -1.91. The van der Waals surface area contributed by atoms with Crippen LogP contribution in [0.2, 0.25) is 0 Å². The van der Waals surface area contributed by atoms with Gasteiger partial charge < -0.3 is 20.7 Å². The van der Waals surface area contributed by atoms with Gasteiger partial charge in [0.25, 0.3) is 5.91 Å². The van der Waals surface area contributed by atoms with E-state index in [0.29, 0.717) is 0 Å². The van der Waals surface area contributed by atoms with Crippen LogP contribution in [0.1, 0.15) is 10.6 Å². The number of primary amides is 1. The van der Waals surface area contributed by atoms with Crippen LogP contribution < -0.4 is 5.73 Å². The molecule has 4 N–H and O–H groups in total. The van der Waals surface area contributed by atoms with Gasteiger partial charge in [0, 0.05) is 0 Å². The molecule has 0 spiro atoms. The van der Waals surface area contributed by atoms with Gasteiger partial charge in [-0.05, 0) is 0 Å². The highest BCUT2D eigenvalue weighted by Gasteiger charge is 2.50. The third-order valence-corrected chi connectivity index (χ3v) is 2.70. The number of aliphatic hydroxyl groups is 2. The lowest BCUT2D eigenvalue weighted by atomic mass is 10.1. The topological polar surface area (TPSA) is 153 Å². The van der Waals surface area contributed by atoms with Gasteiger partial charge in [-0.25, -0.2) is 9.67 Å². The molecule has 3 atom stereocenters. The molecule has 0 aromatic carbocycles. The van der Waals surface area contributed by atoms with Crippen LogP contribution in [0.4, 0.5) is 0 Å². The van der Waals surface area contributed by atoms with Crippen molar-refractivity contribution in [1.82, 2.24) is 14.8 Å². The highest BCUT2D eigenvalue weighted by Crippen LogP contribution is 2.28. The Balaban J connectivity index is 2.25. The van der Waals surface area contributed by atoms with Crippen molar-refractivity contribution in [3.63, 3.8) is 0 Å². The summed E-state index contributed by atoms with van der Waals surface area (Å²) in [5.41, 5.74) is 3.06. The highest BCUT2D eigenvalue weighted by atomic mass is 16.5. The van der Waals surface area contributed by atoms with Gasteiger partial charge in [0.05, 0.1) is 6.61 Å². The number of aliphatic hydroxyl groups excluding tert-OH is 1. The Kier molecular flexibility index (Phi) is 3.07. The Bertz CT molecular complexity index is 476. The average Bonchev–Trinajstić information content (AvgIpc) is 2.91. The summed E-state index contributed by atoms with van der Waals surface area (Å²) in [5.74, 6) is -1.16. The second kappa shape index (κ2) is 4.40. The van der Waals surface area contributed by atoms with Crippen molar-refractivity contribution in [2.75, 3.05) is 13.2 Å². The van der Waals surface area contributed by atoms with Gasteiger partial charge >= 0.3 is 0 Å². The van der Waals surface area contributed by atoms with Crippen LogP contribution in [0.15, 0.2) is 11.5 Å². The maximum atomic E-state index is 10.8. The van der Waals surface area contributed by atoms with Crippen molar-refractivity contribution in [3.05, 3.63) is 17.1 Å². The SMILES string of the molecule is NC(=O)c1ncn(C2(O)COC(CN=O)C2O)n1. The van der Waals surface area contributed by atoms with Crippen molar-refractivity contribution in [2.24, 2.45) is 10.9 Å². The van der Waals surface area contributed by atoms with E-state index in [-0.39, 0.29) is 19.0 Å². The first-order valence-corrected chi connectivity index (χ1v) is 5.02. The fraction of sp³-hybridized carbons (Fsp3) is 0.625. The standard InChI is InChI=1S/C8H11N5O5/c9-6(15)7-10-3-13(12-7)8(16)2-18-4(1-11-17)5(8)14/h3-5,14,16H,1-2H2,(H2,9,15). The summed E-state index contributed by atoms with van der Waals surface area (Å²) in [7, 11) is 0. The van der Waals surface area contributed by atoms with E-state index in [1.54, 1.807) is 0 Å². The molecule has 2 rings (SSSR count). The van der Waals surface area contributed by atoms with Crippen LogP contribution in [0.25, 0.3) is 0 Å². The van der Waals surface area contributed by atoms with Crippen molar-refractivity contribution in [2.45, 2.75) is 17.9 Å². The molecule has 1 amide bonds. The zero-order valence-corrected chi connectivity index (χ0v) is 9.13. The summed E-state index contributed by atoms with van der Waals surface area (Å²) >= 11 is 0. The van der Waals surface area contributed by atoms with Crippen molar-refractivity contribution >= 4 is 5.91 Å². The number of hydrogen-bond donors (Lipinski definition) is 3. The van der Waals surface area contributed by atoms with Crippen LogP contribution >= 0.6 is 0 Å². The van der Waals surface area contributed by atoms with Crippen LogP contribution in [0.3, 0.4) is 0 Å². The second-order valence-electron chi connectivity index (χ2n) is 3.86. The Morgan fingerprint density at radius 2 is 2.50 bits per heavy atom. The first-order valence-electron chi connectivity index (χ1n) is 5.02. The van der Waals surface area contributed by atoms with Crippen LogP contribution in [-0.4, -0.2) is 56.2 Å². The van der Waals surface area contributed by atoms with Crippen molar-refractivity contribution in [1.29, 1.82) is 0 Å². The number of carbonyl (C=O) groups excluding carboxylic acids is 1. The molecule has 1 fully saturated rings. The van der Waals surface area contributed by atoms with E-state index in [9.17, 15) is 19.9 Å². The molecule has 0 saturated carbocycles. The Hall–Kier alpha value is -1.91. The molecule has 1 aromatic heterocycles. The molecule has 2 heterocycles. The van der Waals surface area contributed by atoms with Gasteiger partial charge in [0.2, 0.25) is 11.5 Å². The molecule has 18 heavy (non-hydrogen) atoms. The molecule has 10 nitrogen and oxygen atoms in total. The number of nitrogens with zero attached hydrogens (tertiary/aromatic N) is 4. The van der Waals surface area contributed by atoms with Gasteiger partial charge in [0.1, 0.15) is 25.1 Å². The van der Waals surface area contributed by atoms with Gasteiger partial charge in [0.15, 0.2) is 0 Å². The molecule has 3 unspecified atom stereocenters. The van der Waals surface area contributed by atoms with Crippen molar-refractivity contribution < 1.29 is 19.7 Å². The lowest BCUT2D eigenvalue weighted by Crippen LogP contribution is -2.47. The smallest absolute Gasteiger partial charge is 0.288 e. The van der Waals surface area contributed by atoms with Gasteiger partial charge in [-0.1, -0.05) is 5.18 Å². The average molecular weight is 257 g/mol. The Labute approximate surface area is 100 Å². The summed E-state index contributed by atoms with van der Waals surface area (Å²) < 4.78 is 5.92. The van der Waals surface area contributed by atoms with Crippen molar-refractivity contribution in [3.8, 4) is 0 Å². The third-order valence-electron chi connectivity index (χ3n) is 2.70. The minimum Gasteiger partial charge on any atom is -0.385 e. The number of amides is 1. The molecule has 1 aliphatic heterocycles. The van der Waals surface area contributed by atoms with E-state index in [2.05, 4.69) is 15.3 Å². The molecule has 1 aromatic rings. The molecule has 0 bridgehead atoms. The van der Waals surface area contributed by atoms with E-state index < -0.39 is 23.8 Å². The number of carbonyl (C=O) groups is 1. The molecular formula is C8H11N5O5. The zero-order chi connectivity index (χ0) is 13.3. The second-order valence-corrected chi connectivity index (χ2v) is 3.86. The first-order chi connectivity index (χ1) is 8.49. The number of nitrogens with two attached hydrogens (primary N) is 1. The number of nitroso groups, excluding NO2 is 1. The molecule has 10 heteroatoms. The van der Waals surface area contributed by atoms with Crippen LogP contribution in [0.5, 0.6) is 0 Å². The highest BCUT2D eigenvalue weighted by molar-refractivity contribution is 5.88. The molecule has 1 aliphatic rings. The quantitative estimate of drug-likeness (QED) is 0.506.